The third-order valence-electron chi connectivity index (χ3n) is 3.23. The van der Waals surface area contributed by atoms with E-state index in [1.54, 1.807) is 20.1 Å². The SMILES string of the molecule is COc1c(C)c(F)cc(C2CNCCO2)c1C. The van der Waals surface area contributed by atoms with Crippen molar-refractivity contribution in [3.63, 3.8) is 0 Å². The largest absolute Gasteiger partial charge is 0.496 e. The summed E-state index contributed by atoms with van der Waals surface area (Å²) >= 11 is 0. The van der Waals surface area contributed by atoms with Crippen LogP contribution in [-0.2, 0) is 4.74 Å². The summed E-state index contributed by atoms with van der Waals surface area (Å²) in [5, 5.41) is 3.24. The maximum atomic E-state index is 13.8. The maximum absolute atomic E-state index is 13.8. The zero-order valence-electron chi connectivity index (χ0n) is 10.5. The molecular formula is C13H18FNO2. The Bertz CT molecular complexity index is 414. The standard InChI is InChI=1S/C13H18FNO2/c1-8-10(12-7-15-4-5-17-12)6-11(14)9(2)13(8)16-3/h6,12,15H,4-5,7H2,1-3H3. The quantitative estimate of drug-likeness (QED) is 0.857. The van der Waals surface area contributed by atoms with Crippen LogP contribution in [0, 0.1) is 19.7 Å². The molecule has 94 valence electrons. The van der Waals surface area contributed by atoms with E-state index in [9.17, 15) is 4.39 Å². The van der Waals surface area contributed by atoms with Crippen LogP contribution in [0.3, 0.4) is 0 Å². The van der Waals surface area contributed by atoms with Crippen LogP contribution in [-0.4, -0.2) is 26.8 Å². The van der Waals surface area contributed by atoms with Gasteiger partial charge in [-0.2, -0.15) is 0 Å². The summed E-state index contributed by atoms with van der Waals surface area (Å²) in [5.41, 5.74) is 2.38. The molecule has 1 aliphatic rings. The molecule has 0 spiro atoms. The van der Waals surface area contributed by atoms with Crippen molar-refractivity contribution in [1.29, 1.82) is 0 Å². The fourth-order valence-electron chi connectivity index (χ4n) is 2.28. The Morgan fingerprint density at radius 2 is 2.18 bits per heavy atom. The highest BCUT2D eigenvalue weighted by molar-refractivity contribution is 5.47. The van der Waals surface area contributed by atoms with Gasteiger partial charge in [0.25, 0.3) is 0 Å². The number of morpholine rings is 1. The third-order valence-corrected chi connectivity index (χ3v) is 3.23. The molecule has 1 aliphatic heterocycles. The van der Waals surface area contributed by atoms with Gasteiger partial charge in [-0.1, -0.05) is 0 Å². The second kappa shape index (κ2) is 5.02. The van der Waals surface area contributed by atoms with Crippen LogP contribution in [0.5, 0.6) is 5.75 Å². The monoisotopic (exact) mass is 239 g/mol. The molecule has 3 nitrogen and oxygen atoms in total. The number of ether oxygens (including phenoxy) is 2. The van der Waals surface area contributed by atoms with Crippen molar-refractivity contribution in [2.24, 2.45) is 0 Å². The first-order valence-corrected chi connectivity index (χ1v) is 5.81. The molecule has 17 heavy (non-hydrogen) atoms. The van der Waals surface area contributed by atoms with Crippen LogP contribution >= 0.6 is 0 Å². The van der Waals surface area contributed by atoms with Gasteiger partial charge in [0.15, 0.2) is 0 Å². The number of hydrogen-bond acceptors (Lipinski definition) is 3. The first-order chi connectivity index (χ1) is 8.15. The molecule has 1 N–H and O–H groups in total. The van der Waals surface area contributed by atoms with Crippen molar-refractivity contribution < 1.29 is 13.9 Å². The van der Waals surface area contributed by atoms with E-state index >= 15 is 0 Å². The molecule has 1 heterocycles. The molecule has 1 unspecified atom stereocenters. The third kappa shape index (κ3) is 2.28. The van der Waals surface area contributed by atoms with E-state index in [-0.39, 0.29) is 11.9 Å². The molecule has 1 saturated heterocycles. The summed E-state index contributed by atoms with van der Waals surface area (Å²) in [6, 6.07) is 1.56. The predicted molar refractivity (Wildman–Crippen MR) is 64.0 cm³/mol. The molecule has 0 aromatic heterocycles. The summed E-state index contributed by atoms with van der Waals surface area (Å²) in [4.78, 5) is 0. The van der Waals surface area contributed by atoms with E-state index in [1.165, 1.54) is 0 Å². The minimum absolute atomic E-state index is 0.0900. The molecule has 0 radical (unpaired) electrons. The topological polar surface area (TPSA) is 30.5 Å². The van der Waals surface area contributed by atoms with Crippen molar-refractivity contribution in [2.45, 2.75) is 20.0 Å². The van der Waals surface area contributed by atoms with Gasteiger partial charge < -0.3 is 14.8 Å². The van der Waals surface area contributed by atoms with E-state index in [2.05, 4.69) is 5.32 Å². The number of methoxy groups -OCH3 is 1. The Labute approximate surface area is 101 Å². The van der Waals surface area contributed by atoms with Crippen molar-refractivity contribution in [3.8, 4) is 5.75 Å². The Balaban J connectivity index is 2.42. The van der Waals surface area contributed by atoms with Crippen molar-refractivity contribution >= 4 is 0 Å². The van der Waals surface area contributed by atoms with Crippen LogP contribution in [0.15, 0.2) is 6.07 Å². The number of rotatable bonds is 2. The number of nitrogens with one attached hydrogen (secondary N) is 1. The summed E-state index contributed by atoms with van der Waals surface area (Å²) in [7, 11) is 1.57. The summed E-state index contributed by atoms with van der Waals surface area (Å²) in [6.07, 6.45) is -0.0900. The minimum atomic E-state index is -0.239. The Hall–Kier alpha value is -1.13. The second-order valence-corrected chi connectivity index (χ2v) is 4.29. The smallest absolute Gasteiger partial charge is 0.130 e. The molecule has 2 rings (SSSR count). The number of benzene rings is 1. The highest BCUT2D eigenvalue weighted by Gasteiger charge is 2.22. The van der Waals surface area contributed by atoms with E-state index in [1.807, 2.05) is 6.92 Å². The fraction of sp³-hybridized carbons (Fsp3) is 0.538. The van der Waals surface area contributed by atoms with Gasteiger partial charge in [-0.15, -0.1) is 0 Å². The highest BCUT2D eigenvalue weighted by Crippen LogP contribution is 2.33. The lowest BCUT2D eigenvalue weighted by Gasteiger charge is -2.26. The normalized spacial score (nSPS) is 20.4. The second-order valence-electron chi connectivity index (χ2n) is 4.29. The Morgan fingerprint density at radius 3 is 2.76 bits per heavy atom. The molecule has 1 atom stereocenters. The van der Waals surface area contributed by atoms with Gasteiger partial charge in [-0.25, -0.2) is 4.39 Å². The Kier molecular flexibility index (Phi) is 3.64. The molecule has 1 aromatic rings. The zero-order chi connectivity index (χ0) is 12.4. The van der Waals surface area contributed by atoms with Crippen LogP contribution in [0.4, 0.5) is 4.39 Å². The lowest BCUT2D eigenvalue weighted by Crippen LogP contribution is -2.33. The van der Waals surface area contributed by atoms with Crippen LogP contribution in [0.25, 0.3) is 0 Å². The van der Waals surface area contributed by atoms with E-state index in [0.717, 1.165) is 17.7 Å². The number of halogens is 1. The molecule has 0 aliphatic carbocycles. The van der Waals surface area contributed by atoms with Gasteiger partial charge in [0.1, 0.15) is 11.6 Å². The maximum Gasteiger partial charge on any atom is 0.130 e. The first-order valence-electron chi connectivity index (χ1n) is 5.81. The molecule has 1 aromatic carbocycles. The molecule has 0 amide bonds. The van der Waals surface area contributed by atoms with Gasteiger partial charge >= 0.3 is 0 Å². The molecule has 0 bridgehead atoms. The van der Waals surface area contributed by atoms with Crippen molar-refractivity contribution in [2.75, 3.05) is 26.8 Å². The van der Waals surface area contributed by atoms with Crippen LogP contribution in [0.1, 0.15) is 22.8 Å². The molecular weight excluding hydrogens is 221 g/mol. The first kappa shape index (κ1) is 12.3. The zero-order valence-corrected chi connectivity index (χ0v) is 10.5. The fourth-order valence-corrected chi connectivity index (χ4v) is 2.28. The Morgan fingerprint density at radius 1 is 1.41 bits per heavy atom. The number of hydrogen-bond donors (Lipinski definition) is 1. The van der Waals surface area contributed by atoms with E-state index in [4.69, 9.17) is 9.47 Å². The lowest BCUT2D eigenvalue weighted by atomic mass is 9.98. The van der Waals surface area contributed by atoms with Gasteiger partial charge in [-0.3, -0.25) is 0 Å². The average molecular weight is 239 g/mol. The molecule has 4 heteroatoms. The highest BCUT2D eigenvalue weighted by atomic mass is 19.1. The van der Waals surface area contributed by atoms with E-state index in [0.29, 0.717) is 24.5 Å². The average Bonchev–Trinajstić information content (AvgIpc) is 2.36. The van der Waals surface area contributed by atoms with Crippen LogP contribution < -0.4 is 10.1 Å². The molecule has 0 saturated carbocycles. The van der Waals surface area contributed by atoms with Gasteiger partial charge in [0.05, 0.1) is 19.8 Å². The lowest BCUT2D eigenvalue weighted by molar-refractivity contribution is 0.0270. The van der Waals surface area contributed by atoms with E-state index < -0.39 is 0 Å². The van der Waals surface area contributed by atoms with Crippen molar-refractivity contribution in [3.05, 3.63) is 28.6 Å². The summed E-state index contributed by atoms with van der Waals surface area (Å²) in [6.45, 7) is 5.89. The van der Waals surface area contributed by atoms with Gasteiger partial charge in [-0.05, 0) is 31.0 Å². The van der Waals surface area contributed by atoms with Crippen LogP contribution in [0.2, 0.25) is 0 Å². The molecule has 1 fully saturated rings. The van der Waals surface area contributed by atoms with Gasteiger partial charge in [0, 0.05) is 18.7 Å². The summed E-state index contributed by atoms with van der Waals surface area (Å²) in [5.74, 6) is 0.380. The summed E-state index contributed by atoms with van der Waals surface area (Å²) < 4.78 is 24.7. The van der Waals surface area contributed by atoms with Gasteiger partial charge in [0.2, 0.25) is 0 Å². The van der Waals surface area contributed by atoms with Crippen molar-refractivity contribution in [1.82, 2.24) is 5.32 Å². The predicted octanol–water partition coefficient (Wildman–Crippen LogP) is 2.11. The minimum Gasteiger partial charge on any atom is -0.496 e.